The molecule has 27 heavy (non-hydrogen) atoms. The molecule has 0 atom stereocenters. The first-order valence-corrected chi connectivity index (χ1v) is 10.3. The molecule has 0 aliphatic heterocycles. The third kappa shape index (κ3) is 4.51. The summed E-state index contributed by atoms with van der Waals surface area (Å²) < 4.78 is 33.2. The normalized spacial score (nSPS) is 11.2. The number of nitrogens with one attached hydrogen (secondary N) is 1. The molecule has 1 aromatic carbocycles. The van der Waals surface area contributed by atoms with E-state index in [2.05, 4.69) is 9.71 Å². The number of nitrogens with zero attached hydrogens (tertiary/aromatic N) is 1. The number of carbonyl (C=O) groups is 1. The van der Waals surface area contributed by atoms with Crippen molar-refractivity contribution in [2.24, 2.45) is 0 Å². The van der Waals surface area contributed by atoms with Crippen LogP contribution < -0.4 is 9.46 Å². The SMILES string of the molecule is O=C(O)c1ccccc1Oc1ncc(Cl)cc1NS(=O)(=O)c1ccc(Cl)s1. The van der Waals surface area contributed by atoms with E-state index in [4.69, 9.17) is 27.9 Å². The lowest BCUT2D eigenvalue weighted by molar-refractivity contribution is 0.0694. The van der Waals surface area contributed by atoms with E-state index in [1.54, 1.807) is 6.07 Å². The Morgan fingerprint density at radius 2 is 1.93 bits per heavy atom. The minimum absolute atomic E-state index is 0.000520. The van der Waals surface area contributed by atoms with Gasteiger partial charge in [-0.25, -0.2) is 18.2 Å². The van der Waals surface area contributed by atoms with Crippen LogP contribution in [0.5, 0.6) is 11.6 Å². The van der Waals surface area contributed by atoms with Gasteiger partial charge in [-0.05, 0) is 30.3 Å². The number of pyridine rings is 1. The fourth-order valence-corrected chi connectivity index (χ4v) is 4.74. The van der Waals surface area contributed by atoms with Gasteiger partial charge >= 0.3 is 5.97 Å². The number of aromatic nitrogens is 1. The molecule has 0 saturated carbocycles. The third-order valence-electron chi connectivity index (χ3n) is 3.20. The van der Waals surface area contributed by atoms with Crippen molar-refractivity contribution in [1.82, 2.24) is 4.98 Å². The number of anilines is 1. The van der Waals surface area contributed by atoms with Gasteiger partial charge in [0.25, 0.3) is 10.0 Å². The first-order valence-electron chi connectivity index (χ1n) is 7.20. The molecule has 140 valence electrons. The lowest BCUT2D eigenvalue weighted by Gasteiger charge is -2.13. The quantitative estimate of drug-likeness (QED) is 0.568. The summed E-state index contributed by atoms with van der Waals surface area (Å²) in [7, 11) is -3.96. The second kappa shape index (κ2) is 7.73. The molecule has 7 nitrogen and oxygen atoms in total. The average Bonchev–Trinajstić information content (AvgIpc) is 3.05. The zero-order valence-corrected chi connectivity index (χ0v) is 16.4. The number of hydrogen-bond acceptors (Lipinski definition) is 6. The zero-order valence-electron chi connectivity index (χ0n) is 13.2. The van der Waals surface area contributed by atoms with Crippen molar-refractivity contribution in [2.75, 3.05) is 4.72 Å². The van der Waals surface area contributed by atoms with E-state index in [-0.39, 0.29) is 32.1 Å². The first kappa shape index (κ1) is 19.4. The van der Waals surface area contributed by atoms with Gasteiger partial charge in [0.15, 0.2) is 0 Å². The Labute approximate surface area is 168 Å². The van der Waals surface area contributed by atoms with Gasteiger partial charge in [-0.2, -0.15) is 0 Å². The van der Waals surface area contributed by atoms with Crippen molar-refractivity contribution in [3.63, 3.8) is 0 Å². The molecule has 0 spiro atoms. The Bertz CT molecular complexity index is 1120. The summed E-state index contributed by atoms with van der Waals surface area (Å²) in [5.41, 5.74) is -0.152. The van der Waals surface area contributed by atoms with Gasteiger partial charge in [0.2, 0.25) is 5.88 Å². The molecular formula is C16H10Cl2N2O5S2. The summed E-state index contributed by atoms with van der Waals surface area (Å²) in [4.78, 5) is 15.3. The van der Waals surface area contributed by atoms with Gasteiger partial charge in [0.05, 0.1) is 9.36 Å². The monoisotopic (exact) mass is 444 g/mol. The Morgan fingerprint density at radius 3 is 2.59 bits per heavy atom. The Kier molecular flexibility index (Phi) is 5.56. The van der Waals surface area contributed by atoms with Crippen molar-refractivity contribution in [2.45, 2.75) is 4.21 Å². The number of hydrogen-bond donors (Lipinski definition) is 2. The van der Waals surface area contributed by atoms with Crippen molar-refractivity contribution in [3.05, 3.63) is 63.6 Å². The van der Waals surface area contributed by atoms with Gasteiger partial charge in [0, 0.05) is 6.20 Å². The van der Waals surface area contributed by atoms with Crippen LogP contribution in [0.1, 0.15) is 10.4 Å². The van der Waals surface area contributed by atoms with E-state index in [1.807, 2.05) is 0 Å². The number of benzene rings is 1. The number of sulfonamides is 1. The molecule has 0 amide bonds. The maximum atomic E-state index is 12.5. The van der Waals surface area contributed by atoms with Crippen LogP contribution in [0.3, 0.4) is 0 Å². The van der Waals surface area contributed by atoms with Gasteiger partial charge in [-0.1, -0.05) is 35.3 Å². The Balaban J connectivity index is 1.98. The topological polar surface area (TPSA) is 106 Å². The summed E-state index contributed by atoms with van der Waals surface area (Å²) in [6, 6.07) is 10.0. The molecule has 2 N–H and O–H groups in total. The lowest BCUT2D eigenvalue weighted by Crippen LogP contribution is -2.13. The molecule has 0 radical (unpaired) electrons. The molecule has 0 fully saturated rings. The second-order valence-electron chi connectivity index (χ2n) is 5.07. The predicted molar refractivity (Wildman–Crippen MR) is 103 cm³/mol. The van der Waals surface area contributed by atoms with E-state index >= 15 is 0 Å². The van der Waals surface area contributed by atoms with Crippen molar-refractivity contribution >= 4 is 56.2 Å². The lowest BCUT2D eigenvalue weighted by atomic mass is 10.2. The van der Waals surface area contributed by atoms with Crippen LogP contribution in [0, 0.1) is 0 Å². The average molecular weight is 445 g/mol. The fourth-order valence-electron chi connectivity index (χ4n) is 2.05. The molecule has 2 aromatic heterocycles. The predicted octanol–water partition coefficient (Wildman–Crippen LogP) is 4.74. The molecule has 2 heterocycles. The minimum atomic E-state index is -3.96. The van der Waals surface area contributed by atoms with E-state index in [1.165, 1.54) is 42.6 Å². The molecule has 0 bridgehead atoms. The summed E-state index contributed by atoms with van der Waals surface area (Å²) >= 11 is 12.6. The molecule has 0 aliphatic rings. The maximum absolute atomic E-state index is 12.5. The minimum Gasteiger partial charge on any atom is -0.478 e. The number of aromatic carboxylic acids is 1. The highest BCUT2D eigenvalue weighted by atomic mass is 35.5. The number of thiophene rings is 1. The number of halogens is 2. The number of carboxylic acids is 1. The highest BCUT2D eigenvalue weighted by Gasteiger charge is 2.21. The third-order valence-corrected chi connectivity index (χ3v) is 6.49. The molecule has 11 heteroatoms. The summed E-state index contributed by atoms with van der Waals surface area (Å²) in [5, 5.41) is 9.41. The largest absolute Gasteiger partial charge is 0.478 e. The van der Waals surface area contributed by atoms with Gasteiger partial charge in [-0.3, -0.25) is 4.72 Å². The van der Waals surface area contributed by atoms with E-state index in [9.17, 15) is 18.3 Å². The van der Waals surface area contributed by atoms with E-state index < -0.39 is 16.0 Å². The number of ether oxygens (including phenoxy) is 1. The van der Waals surface area contributed by atoms with Crippen molar-refractivity contribution in [1.29, 1.82) is 0 Å². The smallest absolute Gasteiger partial charge is 0.339 e. The zero-order chi connectivity index (χ0) is 19.6. The number of para-hydroxylation sites is 1. The summed E-state index contributed by atoms with van der Waals surface area (Å²) in [5.74, 6) is -1.35. The van der Waals surface area contributed by atoms with Crippen LogP contribution in [-0.2, 0) is 10.0 Å². The highest BCUT2D eigenvalue weighted by molar-refractivity contribution is 7.94. The molecule has 0 aliphatic carbocycles. The van der Waals surface area contributed by atoms with Crippen LogP contribution in [0.25, 0.3) is 0 Å². The van der Waals surface area contributed by atoms with E-state index in [0.29, 0.717) is 4.34 Å². The Morgan fingerprint density at radius 1 is 1.19 bits per heavy atom. The number of rotatable bonds is 6. The van der Waals surface area contributed by atoms with Crippen LogP contribution >= 0.6 is 34.5 Å². The van der Waals surface area contributed by atoms with Crippen molar-refractivity contribution in [3.8, 4) is 11.6 Å². The summed E-state index contributed by atoms with van der Waals surface area (Å²) in [6.07, 6.45) is 1.25. The molecular weight excluding hydrogens is 435 g/mol. The van der Waals surface area contributed by atoms with Gasteiger partial charge in [0.1, 0.15) is 21.2 Å². The standard InChI is InChI=1S/C16H10Cl2N2O5S2/c17-9-7-11(20-27(23,24)14-6-5-13(18)26-14)15(19-8-9)25-12-4-2-1-3-10(12)16(21)22/h1-8,20H,(H,21,22). The van der Waals surface area contributed by atoms with Crippen molar-refractivity contribution < 1.29 is 23.1 Å². The Hall–Kier alpha value is -2.33. The molecule has 3 aromatic rings. The van der Waals surface area contributed by atoms with Crippen LogP contribution in [0.4, 0.5) is 5.69 Å². The first-order chi connectivity index (χ1) is 12.8. The summed E-state index contributed by atoms with van der Waals surface area (Å²) in [6.45, 7) is 0. The molecule has 0 saturated heterocycles. The van der Waals surface area contributed by atoms with Crippen LogP contribution in [0.2, 0.25) is 9.36 Å². The number of carboxylic acid groups (broad SMARTS) is 1. The fraction of sp³-hybridized carbons (Fsp3) is 0. The molecule has 0 unspecified atom stereocenters. The van der Waals surface area contributed by atoms with Gasteiger partial charge < -0.3 is 9.84 Å². The maximum Gasteiger partial charge on any atom is 0.339 e. The van der Waals surface area contributed by atoms with Gasteiger partial charge in [-0.15, -0.1) is 11.3 Å². The van der Waals surface area contributed by atoms with Crippen LogP contribution in [0.15, 0.2) is 52.9 Å². The molecule has 3 rings (SSSR count). The van der Waals surface area contributed by atoms with E-state index in [0.717, 1.165) is 11.3 Å². The van der Waals surface area contributed by atoms with Crippen LogP contribution in [-0.4, -0.2) is 24.5 Å². The highest BCUT2D eigenvalue weighted by Crippen LogP contribution is 2.34. The second-order valence-corrected chi connectivity index (χ2v) is 9.13.